The third kappa shape index (κ3) is 5.59. The molecule has 7 heteroatoms. The molecule has 1 aliphatic carbocycles. The summed E-state index contributed by atoms with van der Waals surface area (Å²) in [6.45, 7) is 5.80. The third-order valence-corrected chi connectivity index (χ3v) is 6.43. The van der Waals surface area contributed by atoms with Gasteiger partial charge >= 0.3 is 0 Å². The van der Waals surface area contributed by atoms with Crippen molar-refractivity contribution < 1.29 is 0 Å². The van der Waals surface area contributed by atoms with Crippen molar-refractivity contribution in [3.05, 3.63) is 47.5 Å². The van der Waals surface area contributed by atoms with Crippen LogP contribution in [0.2, 0.25) is 0 Å². The van der Waals surface area contributed by atoms with Crippen molar-refractivity contribution in [1.82, 2.24) is 30.3 Å². The van der Waals surface area contributed by atoms with E-state index in [2.05, 4.69) is 56.1 Å². The average Bonchev–Trinajstić information content (AvgIpc) is 3.39. The Balaban J connectivity index is 1.33. The second-order valence-electron chi connectivity index (χ2n) is 8.69. The van der Waals surface area contributed by atoms with Crippen molar-refractivity contribution in [1.29, 1.82) is 0 Å². The van der Waals surface area contributed by atoms with E-state index in [9.17, 15) is 0 Å². The van der Waals surface area contributed by atoms with Gasteiger partial charge in [-0.25, -0.2) is 4.99 Å². The van der Waals surface area contributed by atoms with E-state index in [1.54, 1.807) is 0 Å². The minimum atomic E-state index is 0.464. The van der Waals surface area contributed by atoms with E-state index in [1.807, 2.05) is 18.5 Å². The number of likely N-dealkylation sites (tertiary alicyclic amines) is 1. The number of guanidine groups is 1. The summed E-state index contributed by atoms with van der Waals surface area (Å²) in [6.07, 6.45) is 7.37. The highest BCUT2D eigenvalue weighted by atomic mass is 15.3. The number of rotatable bonds is 6. The highest BCUT2D eigenvalue weighted by Crippen LogP contribution is 2.18. The number of aliphatic imine (C=N–C) groups is 1. The highest BCUT2D eigenvalue weighted by Gasteiger charge is 2.22. The summed E-state index contributed by atoms with van der Waals surface area (Å²) in [5.41, 5.74) is 1.40. The van der Waals surface area contributed by atoms with Gasteiger partial charge in [-0.3, -0.25) is 4.90 Å². The Kier molecular flexibility index (Phi) is 7.00. The van der Waals surface area contributed by atoms with Gasteiger partial charge in [0, 0.05) is 38.8 Å². The van der Waals surface area contributed by atoms with Crippen molar-refractivity contribution in [2.75, 3.05) is 13.1 Å². The van der Waals surface area contributed by atoms with Crippen molar-refractivity contribution in [3.63, 3.8) is 0 Å². The second-order valence-corrected chi connectivity index (χ2v) is 8.69. The molecule has 1 saturated heterocycles. The van der Waals surface area contributed by atoms with Crippen molar-refractivity contribution in [2.45, 2.75) is 70.6 Å². The SMILES string of the molecule is Cc1nnc(CN=C(NC2CCCC2)NC2CCN(Cc3ccccc3)CC2)n1C. The maximum atomic E-state index is 4.87. The van der Waals surface area contributed by atoms with Crippen LogP contribution in [-0.2, 0) is 20.1 Å². The van der Waals surface area contributed by atoms with E-state index in [0.717, 1.165) is 50.1 Å². The molecule has 2 heterocycles. The molecule has 0 spiro atoms. The molecular formula is C23H35N7. The van der Waals surface area contributed by atoms with Crippen LogP contribution in [0.15, 0.2) is 35.3 Å². The van der Waals surface area contributed by atoms with Gasteiger partial charge < -0.3 is 15.2 Å². The van der Waals surface area contributed by atoms with Crippen LogP contribution in [0.5, 0.6) is 0 Å². The Hall–Kier alpha value is -2.41. The fourth-order valence-electron chi connectivity index (χ4n) is 4.41. The summed E-state index contributed by atoms with van der Waals surface area (Å²) >= 11 is 0. The molecule has 0 unspecified atom stereocenters. The van der Waals surface area contributed by atoms with Gasteiger partial charge in [0.15, 0.2) is 11.8 Å². The minimum absolute atomic E-state index is 0.464. The van der Waals surface area contributed by atoms with Gasteiger partial charge in [-0.2, -0.15) is 0 Å². The zero-order valence-electron chi connectivity index (χ0n) is 18.3. The molecule has 162 valence electrons. The molecule has 2 aromatic rings. The lowest BCUT2D eigenvalue weighted by molar-refractivity contribution is 0.198. The molecule has 0 amide bonds. The normalized spacial score (nSPS) is 19.3. The largest absolute Gasteiger partial charge is 0.354 e. The van der Waals surface area contributed by atoms with Crippen molar-refractivity contribution in [2.24, 2.45) is 12.0 Å². The molecule has 1 aliphatic heterocycles. The lowest BCUT2D eigenvalue weighted by atomic mass is 10.0. The zero-order valence-corrected chi connectivity index (χ0v) is 18.3. The van der Waals surface area contributed by atoms with Crippen LogP contribution in [0.4, 0.5) is 0 Å². The highest BCUT2D eigenvalue weighted by molar-refractivity contribution is 5.80. The maximum Gasteiger partial charge on any atom is 0.192 e. The van der Waals surface area contributed by atoms with Gasteiger partial charge in [0.1, 0.15) is 12.4 Å². The summed E-state index contributed by atoms with van der Waals surface area (Å²) in [5, 5.41) is 15.8. The van der Waals surface area contributed by atoms with Gasteiger partial charge in [-0.05, 0) is 38.2 Å². The average molecular weight is 410 g/mol. The summed E-state index contributed by atoms with van der Waals surface area (Å²) < 4.78 is 2.01. The maximum absolute atomic E-state index is 4.87. The number of nitrogens with zero attached hydrogens (tertiary/aromatic N) is 5. The molecule has 0 atom stereocenters. The predicted octanol–water partition coefficient (Wildman–Crippen LogP) is 2.77. The fourth-order valence-corrected chi connectivity index (χ4v) is 4.41. The predicted molar refractivity (Wildman–Crippen MR) is 120 cm³/mol. The summed E-state index contributed by atoms with van der Waals surface area (Å²) in [5.74, 6) is 2.76. The van der Waals surface area contributed by atoms with Crippen LogP contribution in [-0.4, -0.2) is 50.8 Å². The van der Waals surface area contributed by atoms with E-state index < -0.39 is 0 Å². The Morgan fingerprint density at radius 2 is 1.67 bits per heavy atom. The van der Waals surface area contributed by atoms with Crippen molar-refractivity contribution >= 4 is 5.96 Å². The Labute approximate surface area is 180 Å². The number of aromatic nitrogens is 3. The number of hydrogen-bond donors (Lipinski definition) is 2. The van der Waals surface area contributed by atoms with Crippen LogP contribution < -0.4 is 10.6 Å². The number of hydrogen-bond acceptors (Lipinski definition) is 4. The molecule has 0 bridgehead atoms. The quantitative estimate of drug-likeness (QED) is 0.567. The Morgan fingerprint density at radius 1 is 1.00 bits per heavy atom. The number of piperidine rings is 1. The molecule has 7 nitrogen and oxygen atoms in total. The summed E-state index contributed by atoms with van der Waals surface area (Å²) in [4.78, 5) is 7.42. The molecule has 2 fully saturated rings. The van der Waals surface area contributed by atoms with E-state index in [4.69, 9.17) is 4.99 Å². The summed E-state index contributed by atoms with van der Waals surface area (Å²) in [6, 6.07) is 11.8. The first-order valence-electron chi connectivity index (χ1n) is 11.4. The molecule has 4 rings (SSSR count). The van der Waals surface area contributed by atoms with Crippen LogP contribution in [0.25, 0.3) is 0 Å². The lowest BCUT2D eigenvalue weighted by Crippen LogP contribution is -2.50. The number of aryl methyl sites for hydroxylation is 1. The Morgan fingerprint density at radius 3 is 2.30 bits per heavy atom. The molecule has 0 radical (unpaired) electrons. The first-order valence-corrected chi connectivity index (χ1v) is 11.4. The molecule has 1 saturated carbocycles. The lowest BCUT2D eigenvalue weighted by Gasteiger charge is -2.33. The van der Waals surface area contributed by atoms with Crippen LogP contribution >= 0.6 is 0 Å². The number of benzene rings is 1. The van der Waals surface area contributed by atoms with E-state index >= 15 is 0 Å². The molecular weight excluding hydrogens is 374 g/mol. The fraction of sp³-hybridized carbons (Fsp3) is 0.609. The molecule has 1 aromatic heterocycles. The van der Waals surface area contributed by atoms with Gasteiger partial charge in [-0.1, -0.05) is 43.2 Å². The van der Waals surface area contributed by atoms with E-state index in [1.165, 1.54) is 31.2 Å². The first kappa shape index (κ1) is 20.8. The van der Waals surface area contributed by atoms with Gasteiger partial charge in [0.25, 0.3) is 0 Å². The third-order valence-electron chi connectivity index (χ3n) is 6.43. The molecule has 30 heavy (non-hydrogen) atoms. The minimum Gasteiger partial charge on any atom is -0.354 e. The van der Waals surface area contributed by atoms with Crippen LogP contribution in [0.3, 0.4) is 0 Å². The standard InChI is InChI=1S/C23H35N7/c1-18-27-28-22(29(18)2)16-24-23(25-20-10-6-7-11-20)26-21-12-14-30(15-13-21)17-19-8-4-3-5-9-19/h3-5,8-9,20-21H,6-7,10-17H2,1-2H3,(H2,24,25,26). The number of nitrogens with one attached hydrogen (secondary N) is 2. The Bertz CT molecular complexity index is 815. The molecule has 2 N–H and O–H groups in total. The van der Waals surface area contributed by atoms with E-state index in [0.29, 0.717) is 18.6 Å². The van der Waals surface area contributed by atoms with E-state index in [-0.39, 0.29) is 0 Å². The zero-order chi connectivity index (χ0) is 20.8. The van der Waals surface area contributed by atoms with Gasteiger partial charge in [-0.15, -0.1) is 10.2 Å². The van der Waals surface area contributed by atoms with Crippen LogP contribution in [0.1, 0.15) is 55.7 Å². The van der Waals surface area contributed by atoms with Gasteiger partial charge in [0.2, 0.25) is 0 Å². The first-order chi connectivity index (χ1) is 14.7. The van der Waals surface area contributed by atoms with Crippen molar-refractivity contribution in [3.8, 4) is 0 Å². The topological polar surface area (TPSA) is 70.4 Å². The molecule has 2 aliphatic rings. The van der Waals surface area contributed by atoms with Crippen LogP contribution in [0, 0.1) is 6.92 Å². The molecule has 1 aromatic carbocycles. The monoisotopic (exact) mass is 409 g/mol. The smallest absolute Gasteiger partial charge is 0.192 e. The van der Waals surface area contributed by atoms with Gasteiger partial charge in [0.05, 0.1) is 0 Å². The second kappa shape index (κ2) is 10.1. The summed E-state index contributed by atoms with van der Waals surface area (Å²) in [7, 11) is 2.00.